The van der Waals surface area contributed by atoms with Crippen LogP contribution in [0.5, 0.6) is 5.75 Å². The van der Waals surface area contributed by atoms with E-state index in [0.717, 1.165) is 74.0 Å². The number of rotatable bonds is 6. The van der Waals surface area contributed by atoms with Gasteiger partial charge in [0.05, 0.1) is 17.3 Å². The van der Waals surface area contributed by atoms with Gasteiger partial charge in [-0.25, -0.2) is 4.79 Å². The summed E-state index contributed by atoms with van der Waals surface area (Å²) in [7, 11) is 0. The Hall–Kier alpha value is -3.76. The molecular formula is C26H26N4O3. The second-order valence-electron chi connectivity index (χ2n) is 8.61. The van der Waals surface area contributed by atoms with Crippen molar-refractivity contribution in [3.8, 4) is 11.8 Å². The van der Waals surface area contributed by atoms with Crippen molar-refractivity contribution in [1.82, 2.24) is 9.88 Å². The van der Waals surface area contributed by atoms with Crippen molar-refractivity contribution in [3.05, 3.63) is 70.2 Å². The van der Waals surface area contributed by atoms with Gasteiger partial charge in [0, 0.05) is 60.8 Å². The van der Waals surface area contributed by atoms with Gasteiger partial charge < -0.3 is 19.4 Å². The molecule has 0 aliphatic carbocycles. The fourth-order valence-corrected chi connectivity index (χ4v) is 4.66. The normalized spacial score (nSPS) is 14.7. The predicted octanol–water partition coefficient (Wildman–Crippen LogP) is 4.00. The van der Waals surface area contributed by atoms with Crippen LogP contribution in [-0.2, 0) is 6.42 Å². The summed E-state index contributed by atoms with van der Waals surface area (Å²) in [4.78, 5) is 19.4. The van der Waals surface area contributed by atoms with E-state index in [4.69, 9.17) is 9.68 Å². The third-order valence-corrected chi connectivity index (χ3v) is 6.50. The number of unbranched alkanes of at least 4 members (excludes halogenated alkanes) is 1. The Bertz CT molecular complexity index is 1390. The molecule has 2 aromatic carbocycles. The maximum absolute atomic E-state index is 11.4. The van der Waals surface area contributed by atoms with Crippen molar-refractivity contribution in [3.63, 3.8) is 0 Å². The zero-order valence-electron chi connectivity index (χ0n) is 18.4. The van der Waals surface area contributed by atoms with Gasteiger partial charge in [-0.15, -0.1) is 0 Å². The van der Waals surface area contributed by atoms with E-state index in [1.807, 2.05) is 24.3 Å². The van der Waals surface area contributed by atoms with Crippen LogP contribution >= 0.6 is 0 Å². The molecule has 2 aromatic heterocycles. The van der Waals surface area contributed by atoms with Gasteiger partial charge in [0.1, 0.15) is 11.3 Å². The molecule has 1 fully saturated rings. The summed E-state index contributed by atoms with van der Waals surface area (Å²) in [6.45, 7) is 4.62. The number of piperazine rings is 1. The number of nitrogens with one attached hydrogen (secondary N) is 1. The molecule has 5 rings (SSSR count). The lowest BCUT2D eigenvalue weighted by Crippen LogP contribution is -2.46. The minimum absolute atomic E-state index is 0.142. The van der Waals surface area contributed by atoms with Crippen molar-refractivity contribution in [2.24, 2.45) is 0 Å². The Balaban J connectivity index is 1.13. The predicted molar refractivity (Wildman–Crippen MR) is 129 cm³/mol. The van der Waals surface area contributed by atoms with Gasteiger partial charge in [-0.3, -0.25) is 4.90 Å². The summed E-state index contributed by atoms with van der Waals surface area (Å²) in [5.41, 5.74) is 3.82. The first-order valence-corrected chi connectivity index (χ1v) is 11.3. The molecule has 168 valence electrons. The lowest BCUT2D eigenvalue weighted by molar-refractivity contribution is 0.252. The minimum atomic E-state index is -0.417. The van der Waals surface area contributed by atoms with Crippen molar-refractivity contribution >= 4 is 27.6 Å². The van der Waals surface area contributed by atoms with Crippen LogP contribution in [0.2, 0.25) is 0 Å². The first-order valence-electron chi connectivity index (χ1n) is 11.3. The highest BCUT2D eigenvalue weighted by Gasteiger charge is 2.20. The van der Waals surface area contributed by atoms with E-state index in [1.54, 1.807) is 6.07 Å². The Morgan fingerprint density at radius 3 is 2.73 bits per heavy atom. The summed E-state index contributed by atoms with van der Waals surface area (Å²) >= 11 is 0. The number of benzene rings is 2. The number of aromatic amines is 1. The molecule has 2 N–H and O–H groups in total. The topological polar surface area (TPSA) is 96.5 Å². The van der Waals surface area contributed by atoms with Crippen LogP contribution in [0, 0.1) is 11.3 Å². The monoisotopic (exact) mass is 442 g/mol. The zero-order valence-corrected chi connectivity index (χ0v) is 18.4. The van der Waals surface area contributed by atoms with E-state index in [-0.39, 0.29) is 5.75 Å². The van der Waals surface area contributed by atoms with Crippen molar-refractivity contribution < 1.29 is 9.52 Å². The highest BCUT2D eigenvalue weighted by molar-refractivity contribution is 5.85. The second-order valence-corrected chi connectivity index (χ2v) is 8.61. The number of fused-ring (bicyclic) bond motifs is 2. The van der Waals surface area contributed by atoms with Crippen molar-refractivity contribution in [1.29, 1.82) is 5.26 Å². The summed E-state index contributed by atoms with van der Waals surface area (Å²) < 4.78 is 5.16. The summed E-state index contributed by atoms with van der Waals surface area (Å²) in [5.74, 6) is 0.142. The first kappa shape index (κ1) is 21.1. The number of nitrogens with zero attached hydrogens (tertiary/aromatic N) is 3. The van der Waals surface area contributed by atoms with E-state index in [9.17, 15) is 9.90 Å². The van der Waals surface area contributed by atoms with Gasteiger partial charge in [-0.2, -0.15) is 5.26 Å². The van der Waals surface area contributed by atoms with Gasteiger partial charge >= 0.3 is 5.63 Å². The molecule has 1 saturated heterocycles. The molecule has 0 amide bonds. The number of phenols is 1. The quantitative estimate of drug-likeness (QED) is 0.346. The van der Waals surface area contributed by atoms with Gasteiger partial charge in [0.25, 0.3) is 0 Å². The number of aromatic nitrogens is 1. The second kappa shape index (κ2) is 9.00. The zero-order chi connectivity index (χ0) is 22.8. The molecule has 1 aliphatic heterocycles. The maximum atomic E-state index is 11.4. The van der Waals surface area contributed by atoms with Crippen LogP contribution < -0.4 is 10.5 Å². The van der Waals surface area contributed by atoms with Crippen LogP contribution in [0.15, 0.2) is 57.9 Å². The first-order chi connectivity index (χ1) is 16.1. The molecule has 3 heterocycles. The number of nitriles is 1. The summed E-state index contributed by atoms with van der Waals surface area (Å²) in [5, 5.41) is 21.6. The molecular weight excluding hydrogens is 416 g/mol. The molecule has 0 saturated carbocycles. The molecule has 0 spiro atoms. The lowest BCUT2D eigenvalue weighted by atomic mass is 10.0. The van der Waals surface area contributed by atoms with E-state index in [1.165, 1.54) is 17.7 Å². The molecule has 1 aliphatic rings. The number of H-pyrrole nitrogens is 1. The van der Waals surface area contributed by atoms with Crippen LogP contribution in [0.3, 0.4) is 0 Å². The molecule has 7 nitrogen and oxygen atoms in total. The molecule has 0 bridgehead atoms. The molecule has 7 heteroatoms. The van der Waals surface area contributed by atoms with Crippen LogP contribution in [0.1, 0.15) is 24.0 Å². The molecule has 4 aromatic rings. The number of anilines is 1. The van der Waals surface area contributed by atoms with Gasteiger partial charge in [0.15, 0.2) is 0 Å². The van der Waals surface area contributed by atoms with E-state index in [2.05, 4.69) is 27.0 Å². The SMILES string of the molecule is N#Cc1ccc2[nH]cc(CCCCN3CCN(c4cc5ccc(=O)oc5cc4O)CC3)c2c1. The fraction of sp³-hybridized carbons (Fsp3) is 0.308. The standard InChI is InChI=1S/C26H26N4O3/c27-16-18-4-6-22-21(13-18)20(17-28-22)3-1-2-8-29-9-11-30(12-10-29)23-14-19-5-7-26(32)33-25(19)15-24(23)31/h4-7,13-15,17,28,31H,1-3,8-12H2. The summed E-state index contributed by atoms with van der Waals surface area (Å²) in [6, 6.07) is 14.6. The smallest absolute Gasteiger partial charge is 0.336 e. The third-order valence-electron chi connectivity index (χ3n) is 6.50. The number of phenolic OH excluding ortho intramolecular Hbond substituents is 1. The average Bonchev–Trinajstić information content (AvgIpc) is 3.24. The van der Waals surface area contributed by atoms with Crippen LogP contribution in [0.4, 0.5) is 5.69 Å². The Morgan fingerprint density at radius 1 is 1.06 bits per heavy atom. The lowest BCUT2D eigenvalue weighted by Gasteiger charge is -2.36. The maximum Gasteiger partial charge on any atom is 0.336 e. The Kier molecular flexibility index (Phi) is 5.76. The summed E-state index contributed by atoms with van der Waals surface area (Å²) in [6.07, 6.45) is 5.27. The highest BCUT2D eigenvalue weighted by Crippen LogP contribution is 2.32. The highest BCUT2D eigenvalue weighted by atomic mass is 16.4. The molecule has 0 atom stereocenters. The number of hydrogen-bond donors (Lipinski definition) is 2. The van der Waals surface area contributed by atoms with Gasteiger partial charge in [-0.1, -0.05) is 0 Å². The van der Waals surface area contributed by atoms with Crippen molar-refractivity contribution in [2.75, 3.05) is 37.6 Å². The fourth-order valence-electron chi connectivity index (χ4n) is 4.66. The van der Waals surface area contributed by atoms with E-state index >= 15 is 0 Å². The Labute approximate surface area is 191 Å². The molecule has 0 unspecified atom stereocenters. The number of aromatic hydroxyl groups is 1. The molecule has 0 radical (unpaired) electrons. The van der Waals surface area contributed by atoms with Crippen LogP contribution in [0.25, 0.3) is 21.9 Å². The number of hydrogen-bond acceptors (Lipinski definition) is 6. The van der Waals surface area contributed by atoms with Crippen molar-refractivity contribution in [2.45, 2.75) is 19.3 Å². The molecule has 33 heavy (non-hydrogen) atoms. The largest absolute Gasteiger partial charge is 0.506 e. The average molecular weight is 443 g/mol. The third kappa shape index (κ3) is 4.43. The van der Waals surface area contributed by atoms with E-state index in [0.29, 0.717) is 11.1 Å². The number of aryl methyl sites for hydroxylation is 1. The van der Waals surface area contributed by atoms with Crippen LogP contribution in [-0.4, -0.2) is 47.7 Å². The Morgan fingerprint density at radius 2 is 1.91 bits per heavy atom. The van der Waals surface area contributed by atoms with Gasteiger partial charge in [-0.05, 0) is 61.7 Å². The minimum Gasteiger partial charge on any atom is -0.506 e. The van der Waals surface area contributed by atoms with E-state index < -0.39 is 5.63 Å². The van der Waals surface area contributed by atoms with Gasteiger partial charge in [0.2, 0.25) is 0 Å².